The van der Waals surface area contributed by atoms with Gasteiger partial charge in [0.2, 0.25) is 0 Å². The van der Waals surface area contributed by atoms with Gasteiger partial charge in [-0.2, -0.15) is 0 Å². The molecule has 3 N–H and O–H groups in total. The van der Waals surface area contributed by atoms with Crippen molar-refractivity contribution >= 4 is 5.91 Å². The maximum absolute atomic E-state index is 12.6. The molecule has 5 heteroatoms. The zero-order valence-electron chi connectivity index (χ0n) is 12.1. The zero-order valence-corrected chi connectivity index (χ0v) is 12.1. The van der Waals surface area contributed by atoms with Crippen LogP contribution in [0.4, 0.5) is 0 Å². The number of pyridine rings is 1. The summed E-state index contributed by atoms with van der Waals surface area (Å²) in [5, 5.41) is 0. The van der Waals surface area contributed by atoms with Crippen molar-refractivity contribution in [1.29, 1.82) is 0 Å². The molecule has 1 saturated heterocycles. The fraction of sp³-hybridized carbons (Fsp3) is 0.625. The van der Waals surface area contributed by atoms with Crippen molar-refractivity contribution in [3.8, 4) is 0 Å². The van der Waals surface area contributed by atoms with Crippen LogP contribution in [0.2, 0.25) is 0 Å². The highest BCUT2D eigenvalue weighted by Gasteiger charge is 2.48. The highest BCUT2D eigenvalue weighted by Crippen LogP contribution is 2.40. The molecule has 112 valence electrons. The van der Waals surface area contributed by atoms with E-state index in [4.69, 9.17) is 5.73 Å². The molecule has 5 nitrogen and oxygen atoms in total. The molecule has 3 fully saturated rings. The number of H-pyrrole nitrogens is 1. The van der Waals surface area contributed by atoms with Gasteiger partial charge in [0.05, 0.1) is 0 Å². The Morgan fingerprint density at radius 1 is 1.33 bits per heavy atom. The molecular formula is C16H21N3O2. The quantitative estimate of drug-likeness (QED) is 0.858. The van der Waals surface area contributed by atoms with Crippen molar-refractivity contribution in [2.24, 2.45) is 11.7 Å². The van der Waals surface area contributed by atoms with Gasteiger partial charge in [0.25, 0.3) is 11.5 Å². The van der Waals surface area contributed by atoms with Crippen molar-refractivity contribution in [2.45, 2.75) is 43.6 Å². The maximum atomic E-state index is 12.6. The third kappa shape index (κ3) is 2.11. The normalized spacial score (nSPS) is 31.5. The van der Waals surface area contributed by atoms with Gasteiger partial charge in [-0.1, -0.05) is 6.42 Å². The molecule has 2 aliphatic carbocycles. The Kier molecular flexibility index (Phi) is 2.76. The van der Waals surface area contributed by atoms with E-state index in [1.165, 1.54) is 0 Å². The van der Waals surface area contributed by atoms with Crippen LogP contribution in [-0.4, -0.2) is 34.4 Å². The first-order chi connectivity index (χ1) is 10.1. The molecule has 0 radical (unpaired) electrons. The molecule has 0 bridgehead atoms. The van der Waals surface area contributed by atoms with E-state index in [0.29, 0.717) is 24.9 Å². The minimum absolute atomic E-state index is 0.169. The van der Waals surface area contributed by atoms with E-state index in [1.807, 2.05) is 6.07 Å². The molecule has 1 amide bonds. The summed E-state index contributed by atoms with van der Waals surface area (Å²) in [5.74, 6) is 0.712. The minimum atomic E-state index is -0.257. The molecule has 3 aliphatic rings. The Morgan fingerprint density at radius 2 is 2.14 bits per heavy atom. The van der Waals surface area contributed by atoms with Crippen LogP contribution in [0.25, 0.3) is 0 Å². The van der Waals surface area contributed by atoms with Crippen molar-refractivity contribution in [2.75, 3.05) is 13.1 Å². The molecule has 2 unspecified atom stereocenters. The van der Waals surface area contributed by atoms with Crippen molar-refractivity contribution < 1.29 is 4.79 Å². The van der Waals surface area contributed by atoms with E-state index >= 15 is 0 Å². The smallest absolute Gasteiger partial charge is 0.261 e. The summed E-state index contributed by atoms with van der Waals surface area (Å²) in [4.78, 5) is 29.4. The molecule has 0 spiro atoms. The number of nitrogens with two attached hydrogens (primary N) is 1. The van der Waals surface area contributed by atoms with Gasteiger partial charge < -0.3 is 15.6 Å². The Bertz CT molecular complexity index is 649. The lowest BCUT2D eigenvalue weighted by molar-refractivity contribution is 0.0776. The minimum Gasteiger partial charge on any atom is -0.336 e. The number of nitrogens with one attached hydrogen (secondary N) is 1. The lowest BCUT2D eigenvalue weighted by Gasteiger charge is -2.22. The van der Waals surface area contributed by atoms with Gasteiger partial charge in [-0.3, -0.25) is 9.59 Å². The SMILES string of the molecule is NC12CCCC1CN(C(=O)c1ccc(C3CC3)[nH]c1=O)C2. The molecule has 1 aromatic rings. The van der Waals surface area contributed by atoms with E-state index in [1.54, 1.807) is 11.0 Å². The van der Waals surface area contributed by atoms with Crippen LogP contribution < -0.4 is 11.3 Å². The van der Waals surface area contributed by atoms with E-state index < -0.39 is 0 Å². The molecule has 0 aromatic carbocycles. The second-order valence-corrected chi connectivity index (χ2v) is 6.94. The van der Waals surface area contributed by atoms with Crippen LogP contribution in [0.5, 0.6) is 0 Å². The Hall–Kier alpha value is -1.62. The van der Waals surface area contributed by atoms with Crippen LogP contribution in [-0.2, 0) is 0 Å². The van der Waals surface area contributed by atoms with Gasteiger partial charge in [0.1, 0.15) is 5.56 Å². The number of carbonyl (C=O) groups is 1. The molecule has 1 aliphatic heterocycles. The summed E-state index contributed by atoms with van der Waals surface area (Å²) in [5.41, 5.74) is 7.13. The van der Waals surface area contributed by atoms with E-state index in [2.05, 4.69) is 4.98 Å². The Labute approximate surface area is 123 Å². The fourth-order valence-electron chi connectivity index (χ4n) is 3.95. The lowest BCUT2D eigenvalue weighted by Crippen LogP contribution is -2.45. The van der Waals surface area contributed by atoms with Gasteiger partial charge in [-0.05, 0) is 49.7 Å². The number of carbonyl (C=O) groups excluding carboxylic acids is 1. The summed E-state index contributed by atoms with van der Waals surface area (Å²) >= 11 is 0. The number of aromatic amines is 1. The van der Waals surface area contributed by atoms with Crippen LogP contribution in [0.1, 0.15) is 54.1 Å². The summed E-state index contributed by atoms with van der Waals surface area (Å²) in [6, 6.07) is 3.58. The van der Waals surface area contributed by atoms with E-state index in [0.717, 1.165) is 37.8 Å². The van der Waals surface area contributed by atoms with Crippen molar-refractivity contribution in [1.82, 2.24) is 9.88 Å². The number of aromatic nitrogens is 1. The molecule has 4 rings (SSSR count). The fourth-order valence-corrected chi connectivity index (χ4v) is 3.95. The molecule has 2 atom stereocenters. The maximum Gasteiger partial charge on any atom is 0.261 e. The number of nitrogens with zero attached hydrogens (tertiary/aromatic N) is 1. The summed E-state index contributed by atoms with van der Waals surface area (Å²) < 4.78 is 0. The Balaban J connectivity index is 1.57. The number of fused-ring (bicyclic) bond motifs is 1. The second-order valence-electron chi connectivity index (χ2n) is 6.94. The van der Waals surface area contributed by atoms with Gasteiger partial charge in [0, 0.05) is 24.3 Å². The second kappa shape index (κ2) is 4.44. The highest BCUT2D eigenvalue weighted by atomic mass is 16.2. The number of hydrogen-bond acceptors (Lipinski definition) is 3. The van der Waals surface area contributed by atoms with Crippen LogP contribution in [0, 0.1) is 5.92 Å². The standard InChI is InChI=1S/C16H21N3O2/c17-16-7-1-2-11(16)8-19(9-16)15(21)12-5-6-13(10-3-4-10)18-14(12)20/h5-6,10-11H,1-4,7-9,17H2,(H,18,20). The first-order valence-electron chi connectivity index (χ1n) is 7.88. The van der Waals surface area contributed by atoms with Crippen LogP contribution in [0.3, 0.4) is 0 Å². The predicted molar refractivity (Wildman–Crippen MR) is 79.2 cm³/mol. The first kappa shape index (κ1) is 13.1. The average Bonchev–Trinajstić information content (AvgIpc) is 3.15. The average molecular weight is 287 g/mol. The number of hydrogen-bond donors (Lipinski definition) is 2. The molecule has 1 aromatic heterocycles. The van der Waals surface area contributed by atoms with Crippen molar-refractivity contribution in [3.63, 3.8) is 0 Å². The molecular weight excluding hydrogens is 266 g/mol. The molecule has 21 heavy (non-hydrogen) atoms. The zero-order chi connectivity index (χ0) is 14.6. The molecule has 2 heterocycles. The van der Waals surface area contributed by atoms with Crippen LogP contribution in [0.15, 0.2) is 16.9 Å². The monoisotopic (exact) mass is 287 g/mol. The van der Waals surface area contributed by atoms with E-state index in [-0.39, 0.29) is 22.6 Å². The van der Waals surface area contributed by atoms with E-state index in [9.17, 15) is 9.59 Å². The third-order valence-electron chi connectivity index (χ3n) is 5.40. The highest BCUT2D eigenvalue weighted by molar-refractivity contribution is 5.94. The van der Waals surface area contributed by atoms with Gasteiger partial charge in [-0.25, -0.2) is 0 Å². The number of rotatable bonds is 2. The topological polar surface area (TPSA) is 79.2 Å². The number of likely N-dealkylation sites (tertiary alicyclic amines) is 1. The van der Waals surface area contributed by atoms with Gasteiger partial charge in [-0.15, -0.1) is 0 Å². The largest absolute Gasteiger partial charge is 0.336 e. The predicted octanol–water partition coefficient (Wildman–Crippen LogP) is 1.21. The summed E-state index contributed by atoms with van der Waals surface area (Å²) in [6.45, 7) is 1.28. The van der Waals surface area contributed by atoms with Gasteiger partial charge >= 0.3 is 0 Å². The lowest BCUT2D eigenvalue weighted by atomic mass is 9.92. The third-order valence-corrected chi connectivity index (χ3v) is 5.40. The summed E-state index contributed by atoms with van der Waals surface area (Å²) in [6.07, 6.45) is 5.50. The van der Waals surface area contributed by atoms with Gasteiger partial charge in [0.15, 0.2) is 0 Å². The molecule has 2 saturated carbocycles. The Morgan fingerprint density at radius 3 is 2.81 bits per heavy atom. The number of amides is 1. The van der Waals surface area contributed by atoms with Crippen molar-refractivity contribution in [3.05, 3.63) is 33.7 Å². The van der Waals surface area contributed by atoms with Crippen LogP contribution >= 0.6 is 0 Å². The summed E-state index contributed by atoms with van der Waals surface area (Å²) in [7, 11) is 0. The first-order valence-corrected chi connectivity index (χ1v) is 7.88.